The number of aliphatic hydroxyl groups excluding tert-OH is 1. The predicted molar refractivity (Wildman–Crippen MR) is 114 cm³/mol. The highest BCUT2D eigenvalue weighted by atomic mass is 16.4. The van der Waals surface area contributed by atoms with Crippen molar-refractivity contribution in [3.63, 3.8) is 0 Å². The summed E-state index contributed by atoms with van der Waals surface area (Å²) < 4.78 is 0. The number of nitrogens with one attached hydrogen (secondary N) is 3. The number of amides is 3. The lowest BCUT2D eigenvalue weighted by Gasteiger charge is -2.28. The molecule has 12 nitrogen and oxygen atoms in total. The fourth-order valence-electron chi connectivity index (χ4n) is 2.78. The van der Waals surface area contributed by atoms with E-state index in [1.165, 1.54) is 6.92 Å². The Morgan fingerprint density at radius 3 is 1.69 bits per heavy atom. The lowest BCUT2D eigenvalue weighted by Crippen LogP contribution is -2.61. The quantitative estimate of drug-likeness (QED) is 0.166. The van der Waals surface area contributed by atoms with Gasteiger partial charge in [-0.2, -0.15) is 0 Å². The molecule has 0 aromatic heterocycles. The molecule has 6 unspecified atom stereocenters. The van der Waals surface area contributed by atoms with Gasteiger partial charge in [-0.25, -0.2) is 4.79 Å². The molecule has 0 rings (SSSR count). The number of carbonyl (C=O) groups excluding carboxylic acids is 3. The standard InChI is InChI=1S/C20H36N4O8/c1-6-10(4)15(20(31)32)23-19(30)16(11(5)25)24-18(29)14(9(2)3)22-17(28)12(21)7-8-13(26)27/h9-12,14-16,25H,6-8,21H2,1-5H3,(H,22,28)(H,23,30)(H,24,29)(H,26,27)(H,31,32). The summed E-state index contributed by atoms with van der Waals surface area (Å²) in [6.45, 7) is 7.93. The molecular weight excluding hydrogens is 424 g/mol. The first kappa shape index (κ1) is 29.3. The van der Waals surface area contributed by atoms with Crippen LogP contribution in [0.4, 0.5) is 0 Å². The average molecular weight is 461 g/mol. The molecule has 0 aliphatic rings. The molecule has 0 aromatic rings. The molecule has 0 saturated heterocycles. The Hall–Kier alpha value is -2.73. The van der Waals surface area contributed by atoms with E-state index in [1.807, 2.05) is 0 Å². The van der Waals surface area contributed by atoms with Crippen LogP contribution in [0.2, 0.25) is 0 Å². The van der Waals surface area contributed by atoms with Crippen molar-refractivity contribution < 1.29 is 39.3 Å². The number of carboxylic acids is 2. The van der Waals surface area contributed by atoms with Crippen molar-refractivity contribution in [2.75, 3.05) is 0 Å². The van der Waals surface area contributed by atoms with E-state index in [2.05, 4.69) is 16.0 Å². The van der Waals surface area contributed by atoms with Crippen molar-refractivity contribution in [2.45, 2.75) is 84.2 Å². The molecule has 0 aromatic carbocycles. The summed E-state index contributed by atoms with van der Waals surface area (Å²) in [5, 5.41) is 35.2. The lowest BCUT2D eigenvalue weighted by atomic mass is 9.98. The Morgan fingerprint density at radius 2 is 1.28 bits per heavy atom. The lowest BCUT2D eigenvalue weighted by molar-refractivity contribution is -0.144. The van der Waals surface area contributed by atoms with Crippen LogP contribution in [0.15, 0.2) is 0 Å². The molecule has 6 atom stereocenters. The van der Waals surface area contributed by atoms with Gasteiger partial charge in [0, 0.05) is 6.42 Å². The van der Waals surface area contributed by atoms with Gasteiger partial charge >= 0.3 is 11.9 Å². The van der Waals surface area contributed by atoms with Crippen molar-refractivity contribution in [2.24, 2.45) is 17.6 Å². The fraction of sp³-hybridized carbons (Fsp3) is 0.750. The van der Waals surface area contributed by atoms with Crippen molar-refractivity contribution in [3.05, 3.63) is 0 Å². The number of hydrogen-bond donors (Lipinski definition) is 7. The first-order chi connectivity index (χ1) is 14.7. The third-order valence-electron chi connectivity index (χ3n) is 5.09. The van der Waals surface area contributed by atoms with Gasteiger partial charge in [-0.1, -0.05) is 34.1 Å². The normalized spacial score (nSPS) is 16.8. The molecular formula is C20H36N4O8. The van der Waals surface area contributed by atoms with Crippen molar-refractivity contribution >= 4 is 29.7 Å². The summed E-state index contributed by atoms with van der Waals surface area (Å²) in [6.07, 6.45) is -1.32. The highest BCUT2D eigenvalue weighted by Gasteiger charge is 2.34. The van der Waals surface area contributed by atoms with E-state index in [1.54, 1.807) is 27.7 Å². The van der Waals surface area contributed by atoms with E-state index >= 15 is 0 Å². The highest BCUT2D eigenvalue weighted by Crippen LogP contribution is 2.10. The van der Waals surface area contributed by atoms with Crippen LogP contribution in [0.1, 0.15) is 53.9 Å². The number of carbonyl (C=O) groups is 5. The van der Waals surface area contributed by atoms with Crippen LogP contribution in [-0.4, -0.2) is 75.3 Å². The van der Waals surface area contributed by atoms with Crippen LogP contribution >= 0.6 is 0 Å². The van der Waals surface area contributed by atoms with Gasteiger partial charge in [0.15, 0.2) is 0 Å². The molecule has 0 saturated carbocycles. The largest absolute Gasteiger partial charge is 0.481 e. The van der Waals surface area contributed by atoms with Crippen LogP contribution in [0.25, 0.3) is 0 Å². The monoisotopic (exact) mass is 460 g/mol. The van der Waals surface area contributed by atoms with Gasteiger partial charge in [-0.05, 0) is 25.2 Å². The molecule has 0 aliphatic carbocycles. The van der Waals surface area contributed by atoms with Crippen molar-refractivity contribution in [3.8, 4) is 0 Å². The Morgan fingerprint density at radius 1 is 0.812 bits per heavy atom. The number of rotatable bonds is 14. The number of carboxylic acid groups (broad SMARTS) is 2. The maximum absolute atomic E-state index is 12.8. The van der Waals surface area contributed by atoms with Crippen molar-refractivity contribution in [1.29, 1.82) is 0 Å². The minimum absolute atomic E-state index is 0.126. The van der Waals surface area contributed by atoms with Crippen LogP contribution in [0, 0.1) is 11.8 Å². The Balaban J connectivity index is 5.36. The molecule has 3 amide bonds. The minimum atomic E-state index is -1.47. The first-order valence-corrected chi connectivity index (χ1v) is 10.5. The summed E-state index contributed by atoms with van der Waals surface area (Å²) >= 11 is 0. The molecule has 12 heteroatoms. The van der Waals surface area contributed by atoms with Crippen LogP contribution < -0.4 is 21.7 Å². The Labute approximate surface area is 187 Å². The molecule has 32 heavy (non-hydrogen) atoms. The van der Waals surface area contributed by atoms with Gasteiger partial charge in [0.25, 0.3) is 0 Å². The van der Waals surface area contributed by atoms with Gasteiger partial charge in [0.05, 0.1) is 12.1 Å². The molecule has 0 radical (unpaired) electrons. The zero-order valence-electron chi connectivity index (χ0n) is 19.1. The summed E-state index contributed by atoms with van der Waals surface area (Å²) in [6, 6.07) is -4.95. The van der Waals surface area contributed by atoms with Gasteiger partial charge in [0.1, 0.15) is 18.1 Å². The third kappa shape index (κ3) is 9.60. The van der Waals surface area contributed by atoms with E-state index in [0.29, 0.717) is 6.42 Å². The van der Waals surface area contributed by atoms with E-state index in [9.17, 15) is 34.2 Å². The first-order valence-electron chi connectivity index (χ1n) is 10.5. The zero-order valence-corrected chi connectivity index (χ0v) is 19.1. The predicted octanol–water partition coefficient (Wildman–Crippen LogP) is -1.20. The third-order valence-corrected chi connectivity index (χ3v) is 5.09. The van der Waals surface area contributed by atoms with Gasteiger partial charge in [-0.3, -0.25) is 19.2 Å². The van der Waals surface area contributed by atoms with Gasteiger partial charge in [-0.15, -0.1) is 0 Å². The SMILES string of the molecule is CCC(C)C(NC(=O)C(NC(=O)C(NC(=O)C(N)CCC(=O)O)C(C)C)C(C)O)C(=O)O. The van der Waals surface area contributed by atoms with Crippen LogP contribution in [0.3, 0.4) is 0 Å². The highest BCUT2D eigenvalue weighted by molar-refractivity contribution is 5.94. The molecule has 8 N–H and O–H groups in total. The zero-order chi connectivity index (χ0) is 25.2. The number of nitrogens with two attached hydrogens (primary N) is 1. The minimum Gasteiger partial charge on any atom is -0.481 e. The summed E-state index contributed by atoms with van der Waals surface area (Å²) in [4.78, 5) is 59.8. The second-order valence-electron chi connectivity index (χ2n) is 8.21. The van der Waals surface area contributed by atoms with Crippen LogP contribution in [-0.2, 0) is 24.0 Å². The maximum Gasteiger partial charge on any atom is 0.326 e. The number of hydrogen-bond acceptors (Lipinski definition) is 7. The summed E-state index contributed by atoms with van der Waals surface area (Å²) in [5.74, 6) is -5.59. The second-order valence-corrected chi connectivity index (χ2v) is 8.21. The molecule has 0 heterocycles. The molecule has 0 bridgehead atoms. The topological polar surface area (TPSA) is 208 Å². The van der Waals surface area contributed by atoms with E-state index in [0.717, 1.165) is 0 Å². The fourth-order valence-corrected chi connectivity index (χ4v) is 2.78. The number of aliphatic carboxylic acids is 2. The van der Waals surface area contributed by atoms with Gasteiger partial charge in [0.2, 0.25) is 17.7 Å². The Kier molecular flexibility index (Phi) is 12.5. The average Bonchev–Trinajstić information content (AvgIpc) is 2.70. The molecule has 0 aliphatic heterocycles. The Bertz CT molecular complexity index is 683. The van der Waals surface area contributed by atoms with E-state index in [-0.39, 0.29) is 12.8 Å². The summed E-state index contributed by atoms with van der Waals surface area (Å²) in [7, 11) is 0. The van der Waals surface area contributed by atoms with Crippen molar-refractivity contribution in [1.82, 2.24) is 16.0 Å². The molecule has 184 valence electrons. The maximum atomic E-state index is 12.8. The van der Waals surface area contributed by atoms with E-state index < -0.39 is 71.8 Å². The molecule has 0 spiro atoms. The smallest absolute Gasteiger partial charge is 0.326 e. The molecule has 0 fully saturated rings. The number of aliphatic hydroxyl groups is 1. The van der Waals surface area contributed by atoms with Crippen LogP contribution in [0.5, 0.6) is 0 Å². The second kappa shape index (κ2) is 13.6. The summed E-state index contributed by atoms with van der Waals surface area (Å²) in [5.41, 5.74) is 5.67. The van der Waals surface area contributed by atoms with E-state index in [4.69, 9.17) is 10.8 Å². The van der Waals surface area contributed by atoms with Gasteiger partial charge < -0.3 is 37.0 Å².